The van der Waals surface area contributed by atoms with E-state index in [4.69, 9.17) is 19.5 Å². The van der Waals surface area contributed by atoms with Crippen LogP contribution in [0.5, 0.6) is 17.2 Å². The van der Waals surface area contributed by atoms with Crippen LogP contribution in [-0.4, -0.2) is 33.9 Å². The Morgan fingerprint density at radius 3 is 2.71 bits per heavy atom. The maximum atomic E-state index is 9.97. The van der Waals surface area contributed by atoms with Crippen LogP contribution in [0.25, 0.3) is 16.9 Å². The fourth-order valence-corrected chi connectivity index (χ4v) is 3.62. The van der Waals surface area contributed by atoms with E-state index in [1.165, 1.54) is 7.11 Å². The topological polar surface area (TPSA) is 68.4 Å². The number of phenols is 1. The summed E-state index contributed by atoms with van der Waals surface area (Å²) in [5, 5.41) is 9.97. The van der Waals surface area contributed by atoms with Crippen LogP contribution in [-0.2, 0) is 0 Å². The van der Waals surface area contributed by atoms with E-state index in [-0.39, 0.29) is 11.9 Å². The molecule has 0 amide bonds. The molecule has 4 aromatic rings. The zero-order valence-corrected chi connectivity index (χ0v) is 19.0. The number of aliphatic imine (C=N–C) groups is 1. The number of halogens is 1. The molecule has 0 fully saturated rings. The molecule has 0 aliphatic carbocycles. The summed E-state index contributed by atoms with van der Waals surface area (Å²) < 4.78 is 14.1. The Morgan fingerprint density at radius 2 is 1.94 bits per heavy atom. The van der Waals surface area contributed by atoms with E-state index >= 15 is 0 Å². The van der Waals surface area contributed by atoms with Crippen LogP contribution in [0.2, 0.25) is 0 Å². The van der Waals surface area contributed by atoms with Gasteiger partial charge in [-0.1, -0.05) is 22.0 Å². The molecule has 0 radical (unpaired) electrons. The Hall–Kier alpha value is -3.32. The average molecular weight is 480 g/mol. The van der Waals surface area contributed by atoms with Crippen molar-refractivity contribution in [3.63, 3.8) is 0 Å². The molecule has 31 heavy (non-hydrogen) atoms. The summed E-state index contributed by atoms with van der Waals surface area (Å²) in [4.78, 5) is 9.56. The number of aromatic nitrogens is 2. The van der Waals surface area contributed by atoms with Gasteiger partial charge in [-0.3, -0.25) is 4.40 Å². The molecular weight excluding hydrogens is 458 g/mol. The Morgan fingerprint density at radius 1 is 1.10 bits per heavy atom. The van der Waals surface area contributed by atoms with Crippen molar-refractivity contribution in [2.45, 2.75) is 20.0 Å². The minimum Gasteiger partial charge on any atom is -0.504 e. The van der Waals surface area contributed by atoms with Gasteiger partial charge in [0.1, 0.15) is 17.1 Å². The molecule has 2 aromatic carbocycles. The van der Waals surface area contributed by atoms with E-state index in [9.17, 15) is 5.11 Å². The van der Waals surface area contributed by atoms with Gasteiger partial charge in [-0.15, -0.1) is 0 Å². The third kappa shape index (κ3) is 4.41. The molecule has 6 nitrogen and oxygen atoms in total. The summed E-state index contributed by atoms with van der Waals surface area (Å²) in [5.41, 5.74) is 3.09. The summed E-state index contributed by atoms with van der Waals surface area (Å²) in [6, 6.07) is 16.8. The van der Waals surface area contributed by atoms with Gasteiger partial charge in [-0.25, -0.2) is 9.98 Å². The van der Waals surface area contributed by atoms with Crippen molar-refractivity contribution < 1.29 is 14.6 Å². The maximum Gasteiger partial charge on any atom is 0.165 e. The fraction of sp³-hybridized carbons (Fsp3) is 0.167. The summed E-state index contributed by atoms with van der Waals surface area (Å²) in [5.74, 6) is 1.87. The number of rotatable bonds is 6. The van der Waals surface area contributed by atoms with Crippen molar-refractivity contribution in [2.75, 3.05) is 7.11 Å². The number of imidazole rings is 1. The number of hydrogen-bond donors (Lipinski definition) is 1. The van der Waals surface area contributed by atoms with Gasteiger partial charge < -0.3 is 14.6 Å². The van der Waals surface area contributed by atoms with Gasteiger partial charge in [-0.05, 0) is 62.4 Å². The highest BCUT2D eigenvalue weighted by Gasteiger charge is 2.15. The predicted molar refractivity (Wildman–Crippen MR) is 126 cm³/mol. The van der Waals surface area contributed by atoms with Crippen LogP contribution in [0, 0.1) is 0 Å². The first-order chi connectivity index (χ1) is 15.0. The van der Waals surface area contributed by atoms with E-state index in [0.29, 0.717) is 17.3 Å². The molecule has 0 saturated heterocycles. The third-order valence-corrected chi connectivity index (χ3v) is 5.11. The number of fused-ring (bicyclic) bond motifs is 1. The minimum atomic E-state index is 0.0455. The number of pyridine rings is 1. The highest BCUT2D eigenvalue weighted by molar-refractivity contribution is 9.10. The highest BCUT2D eigenvalue weighted by Crippen LogP contribution is 2.36. The van der Waals surface area contributed by atoms with Crippen LogP contribution < -0.4 is 9.47 Å². The molecular formula is C24H22BrN3O3. The Kier molecular flexibility index (Phi) is 5.95. The molecule has 0 aliphatic rings. The largest absolute Gasteiger partial charge is 0.504 e. The van der Waals surface area contributed by atoms with Gasteiger partial charge in [0, 0.05) is 28.0 Å². The molecule has 2 aromatic heterocycles. The lowest BCUT2D eigenvalue weighted by Crippen LogP contribution is -2.07. The molecule has 0 unspecified atom stereocenters. The third-order valence-electron chi connectivity index (χ3n) is 4.62. The molecule has 0 atom stereocenters. The number of nitrogens with zero attached hydrogens (tertiary/aromatic N) is 3. The standard InChI is InChI=1S/C24H22BrN3O3/c1-15(2)31-20-10-8-18(25)12-17(20)14-26-24-23(27-22-6-4-5-11-28(22)24)16-7-9-19(29)21(13-16)30-3/h4-15,29H,1-3H3. The summed E-state index contributed by atoms with van der Waals surface area (Å²) >= 11 is 3.52. The van der Waals surface area contributed by atoms with Crippen molar-refractivity contribution in [1.82, 2.24) is 9.38 Å². The second-order valence-corrected chi connectivity index (χ2v) is 8.12. The first-order valence-corrected chi connectivity index (χ1v) is 10.6. The molecule has 0 bridgehead atoms. The number of methoxy groups -OCH3 is 1. The summed E-state index contributed by atoms with van der Waals surface area (Å²) in [6.07, 6.45) is 3.74. The first kappa shape index (κ1) is 20.9. The molecule has 0 saturated carbocycles. The number of benzene rings is 2. The van der Waals surface area contributed by atoms with Crippen LogP contribution in [0.3, 0.4) is 0 Å². The summed E-state index contributed by atoms with van der Waals surface area (Å²) in [6.45, 7) is 3.98. The van der Waals surface area contributed by atoms with Crippen molar-refractivity contribution in [3.05, 3.63) is 70.8 Å². The second kappa shape index (κ2) is 8.81. The number of aromatic hydroxyl groups is 1. The minimum absolute atomic E-state index is 0.0455. The van der Waals surface area contributed by atoms with Crippen LogP contribution in [0.15, 0.2) is 70.3 Å². The second-order valence-electron chi connectivity index (χ2n) is 7.21. The highest BCUT2D eigenvalue weighted by atomic mass is 79.9. The molecule has 2 heterocycles. The van der Waals surface area contributed by atoms with Crippen LogP contribution >= 0.6 is 15.9 Å². The Balaban J connectivity index is 1.85. The number of hydrogen-bond acceptors (Lipinski definition) is 5. The van der Waals surface area contributed by atoms with Crippen molar-refractivity contribution in [2.24, 2.45) is 4.99 Å². The first-order valence-electron chi connectivity index (χ1n) is 9.81. The Bertz CT molecular complexity index is 1260. The molecule has 0 aliphatic heterocycles. The Labute approximate surface area is 188 Å². The SMILES string of the molecule is COc1cc(-c2nc3ccccn3c2N=Cc2cc(Br)ccc2OC(C)C)ccc1O. The van der Waals surface area contributed by atoms with E-state index in [1.54, 1.807) is 24.4 Å². The number of phenolic OH excluding ortho intramolecular Hbond substituents is 1. The van der Waals surface area contributed by atoms with Crippen molar-refractivity contribution in [3.8, 4) is 28.5 Å². The smallest absolute Gasteiger partial charge is 0.165 e. The lowest BCUT2D eigenvalue weighted by molar-refractivity contribution is 0.242. The van der Waals surface area contributed by atoms with Crippen LogP contribution in [0.1, 0.15) is 19.4 Å². The predicted octanol–water partition coefficient (Wildman–Crippen LogP) is 6.02. The van der Waals surface area contributed by atoms with Gasteiger partial charge in [0.25, 0.3) is 0 Å². The average Bonchev–Trinajstić information content (AvgIpc) is 3.12. The zero-order chi connectivity index (χ0) is 22.0. The molecule has 7 heteroatoms. The van der Waals surface area contributed by atoms with Crippen molar-refractivity contribution in [1.29, 1.82) is 0 Å². The van der Waals surface area contributed by atoms with E-state index < -0.39 is 0 Å². The quantitative estimate of drug-likeness (QED) is 0.343. The van der Waals surface area contributed by atoms with E-state index in [0.717, 1.165) is 27.0 Å². The van der Waals surface area contributed by atoms with Crippen LogP contribution in [0.4, 0.5) is 5.82 Å². The fourth-order valence-electron chi connectivity index (χ4n) is 3.24. The molecule has 1 N–H and O–H groups in total. The monoisotopic (exact) mass is 479 g/mol. The molecule has 158 valence electrons. The van der Waals surface area contributed by atoms with E-state index in [1.807, 2.05) is 60.8 Å². The molecule has 4 rings (SSSR count). The van der Waals surface area contributed by atoms with Gasteiger partial charge >= 0.3 is 0 Å². The van der Waals surface area contributed by atoms with E-state index in [2.05, 4.69) is 15.9 Å². The number of ether oxygens (including phenoxy) is 2. The summed E-state index contributed by atoms with van der Waals surface area (Å²) in [7, 11) is 1.52. The zero-order valence-electron chi connectivity index (χ0n) is 17.4. The lowest BCUT2D eigenvalue weighted by atomic mass is 10.1. The van der Waals surface area contributed by atoms with Gasteiger partial charge in [0.2, 0.25) is 0 Å². The van der Waals surface area contributed by atoms with Gasteiger partial charge in [-0.2, -0.15) is 0 Å². The molecule has 0 spiro atoms. The van der Waals surface area contributed by atoms with Gasteiger partial charge in [0.05, 0.1) is 13.2 Å². The maximum absolute atomic E-state index is 9.97. The van der Waals surface area contributed by atoms with Crippen molar-refractivity contribution >= 4 is 33.6 Å². The normalized spacial score (nSPS) is 11.5. The van der Waals surface area contributed by atoms with Gasteiger partial charge in [0.15, 0.2) is 17.3 Å². The lowest BCUT2D eigenvalue weighted by Gasteiger charge is -2.12.